The molecule has 1 fully saturated rings. The number of nitrogens with zero attached hydrogens (tertiary/aromatic N) is 1. The fourth-order valence-electron chi connectivity index (χ4n) is 1.37. The maximum atomic E-state index is 13.0. The molecule has 92 valence electrons. The van der Waals surface area contributed by atoms with Crippen LogP contribution in [0.25, 0.3) is 0 Å². The Balaban J connectivity index is 2.36. The van der Waals surface area contributed by atoms with Crippen LogP contribution >= 0.6 is 0 Å². The topological polar surface area (TPSA) is 66.8 Å². The van der Waals surface area contributed by atoms with Crippen LogP contribution in [0, 0.1) is 5.92 Å². The summed E-state index contributed by atoms with van der Waals surface area (Å²) in [4.78, 5) is 23.0. The molecule has 6 heteroatoms. The molecule has 0 spiro atoms. The number of hydrogen-bond donors (Lipinski definition) is 1. The van der Waals surface area contributed by atoms with Crippen LogP contribution in [0.1, 0.15) is 20.8 Å². The molecule has 1 saturated heterocycles. The van der Waals surface area contributed by atoms with E-state index in [1.54, 1.807) is 20.8 Å². The lowest BCUT2D eigenvalue weighted by molar-refractivity contribution is -0.147. The van der Waals surface area contributed by atoms with E-state index in [2.05, 4.69) is 0 Å². The van der Waals surface area contributed by atoms with E-state index < -0.39 is 29.8 Å². The van der Waals surface area contributed by atoms with Crippen molar-refractivity contribution in [1.82, 2.24) is 4.90 Å². The SMILES string of the molecule is CC(C)(C)OC(=O)N1CC(C(F)C(=O)O)C1. The lowest BCUT2D eigenvalue weighted by Crippen LogP contribution is -2.55. The zero-order valence-electron chi connectivity index (χ0n) is 9.57. The lowest BCUT2D eigenvalue weighted by Gasteiger charge is -2.40. The van der Waals surface area contributed by atoms with E-state index in [9.17, 15) is 14.0 Å². The minimum Gasteiger partial charge on any atom is -0.479 e. The summed E-state index contributed by atoms with van der Waals surface area (Å²) in [6, 6.07) is 0. The number of hydrogen-bond acceptors (Lipinski definition) is 3. The smallest absolute Gasteiger partial charge is 0.410 e. The Morgan fingerprint density at radius 2 is 1.94 bits per heavy atom. The molecule has 0 aliphatic carbocycles. The van der Waals surface area contributed by atoms with Gasteiger partial charge in [-0.2, -0.15) is 0 Å². The lowest BCUT2D eigenvalue weighted by atomic mass is 9.95. The Kier molecular flexibility index (Phi) is 3.40. The van der Waals surface area contributed by atoms with Gasteiger partial charge in [-0.15, -0.1) is 0 Å². The number of carboxylic acids is 1. The van der Waals surface area contributed by atoms with E-state index in [1.165, 1.54) is 4.90 Å². The molecule has 0 bridgehead atoms. The minimum absolute atomic E-state index is 0.0996. The van der Waals surface area contributed by atoms with Gasteiger partial charge < -0.3 is 14.7 Å². The number of carbonyl (C=O) groups is 2. The van der Waals surface area contributed by atoms with Crippen molar-refractivity contribution in [2.45, 2.75) is 32.5 Å². The first-order valence-corrected chi connectivity index (χ1v) is 5.05. The van der Waals surface area contributed by atoms with Crippen molar-refractivity contribution in [1.29, 1.82) is 0 Å². The summed E-state index contributed by atoms with van der Waals surface area (Å²) in [7, 11) is 0. The molecule has 0 aromatic heterocycles. The molecule has 1 atom stereocenters. The van der Waals surface area contributed by atoms with Crippen LogP contribution in [0.5, 0.6) is 0 Å². The molecular weight excluding hydrogens is 217 g/mol. The van der Waals surface area contributed by atoms with Gasteiger partial charge in [-0.3, -0.25) is 0 Å². The summed E-state index contributed by atoms with van der Waals surface area (Å²) in [5.74, 6) is -2.10. The highest BCUT2D eigenvalue weighted by Crippen LogP contribution is 2.23. The summed E-state index contributed by atoms with van der Waals surface area (Å²) in [5.41, 5.74) is -0.593. The largest absolute Gasteiger partial charge is 0.479 e. The predicted molar refractivity (Wildman–Crippen MR) is 53.8 cm³/mol. The van der Waals surface area contributed by atoms with Gasteiger partial charge in [0.25, 0.3) is 0 Å². The quantitative estimate of drug-likeness (QED) is 0.780. The molecular formula is C10H16FNO4. The molecule has 1 unspecified atom stereocenters. The van der Waals surface area contributed by atoms with E-state index in [0.29, 0.717) is 0 Å². The van der Waals surface area contributed by atoms with Crippen LogP contribution in [0.3, 0.4) is 0 Å². The van der Waals surface area contributed by atoms with Crippen LogP contribution in [-0.4, -0.2) is 46.9 Å². The number of rotatable bonds is 2. The van der Waals surface area contributed by atoms with Crippen LogP contribution in [0.4, 0.5) is 9.18 Å². The van der Waals surface area contributed by atoms with Crippen molar-refractivity contribution in [3.8, 4) is 0 Å². The number of ether oxygens (including phenoxy) is 1. The van der Waals surface area contributed by atoms with E-state index in [-0.39, 0.29) is 13.1 Å². The second kappa shape index (κ2) is 4.27. The number of likely N-dealkylation sites (tertiary alicyclic amines) is 1. The number of carboxylic acid groups (broad SMARTS) is 1. The molecule has 1 heterocycles. The van der Waals surface area contributed by atoms with E-state index in [1.807, 2.05) is 0 Å². The molecule has 16 heavy (non-hydrogen) atoms. The zero-order chi connectivity index (χ0) is 12.5. The van der Waals surface area contributed by atoms with Crippen LogP contribution in [0.2, 0.25) is 0 Å². The number of alkyl halides is 1. The van der Waals surface area contributed by atoms with Crippen molar-refractivity contribution in [3.63, 3.8) is 0 Å². The zero-order valence-corrected chi connectivity index (χ0v) is 9.57. The fraction of sp³-hybridized carbons (Fsp3) is 0.800. The minimum atomic E-state index is -1.90. The van der Waals surface area contributed by atoms with Gasteiger partial charge >= 0.3 is 12.1 Å². The molecule has 5 nitrogen and oxygen atoms in total. The van der Waals surface area contributed by atoms with Gasteiger partial charge in [0.2, 0.25) is 6.17 Å². The van der Waals surface area contributed by atoms with Crippen molar-refractivity contribution in [3.05, 3.63) is 0 Å². The summed E-state index contributed by atoms with van der Waals surface area (Å²) in [5, 5.41) is 8.42. The molecule has 0 aromatic carbocycles. The maximum absolute atomic E-state index is 13.0. The van der Waals surface area contributed by atoms with E-state index >= 15 is 0 Å². The molecule has 1 rings (SSSR count). The molecule has 1 aliphatic heterocycles. The van der Waals surface area contributed by atoms with Gasteiger partial charge in [0.05, 0.1) is 0 Å². The monoisotopic (exact) mass is 233 g/mol. The summed E-state index contributed by atoms with van der Waals surface area (Å²) < 4.78 is 18.0. The van der Waals surface area contributed by atoms with Gasteiger partial charge in [-0.25, -0.2) is 14.0 Å². The highest BCUT2D eigenvalue weighted by molar-refractivity contribution is 5.74. The van der Waals surface area contributed by atoms with Crippen molar-refractivity contribution >= 4 is 12.1 Å². The van der Waals surface area contributed by atoms with Gasteiger partial charge in [-0.1, -0.05) is 0 Å². The van der Waals surface area contributed by atoms with Gasteiger partial charge in [0.1, 0.15) is 5.60 Å². The van der Waals surface area contributed by atoms with Gasteiger partial charge in [-0.05, 0) is 20.8 Å². The molecule has 0 aromatic rings. The van der Waals surface area contributed by atoms with Crippen molar-refractivity contribution in [2.75, 3.05) is 13.1 Å². The van der Waals surface area contributed by atoms with Crippen molar-refractivity contribution in [2.24, 2.45) is 5.92 Å². The first-order chi connectivity index (χ1) is 7.20. The second-order valence-electron chi connectivity index (χ2n) is 4.89. The van der Waals surface area contributed by atoms with Crippen LogP contribution in [0.15, 0.2) is 0 Å². The molecule has 1 N–H and O–H groups in total. The fourth-order valence-corrected chi connectivity index (χ4v) is 1.37. The van der Waals surface area contributed by atoms with E-state index in [0.717, 1.165) is 0 Å². The number of amides is 1. The Morgan fingerprint density at radius 1 is 1.44 bits per heavy atom. The van der Waals surface area contributed by atoms with Crippen LogP contribution in [-0.2, 0) is 9.53 Å². The Bertz CT molecular complexity index is 294. The molecule has 0 radical (unpaired) electrons. The summed E-state index contributed by atoms with van der Waals surface area (Å²) in [6.45, 7) is 5.40. The molecule has 1 aliphatic rings. The Labute approximate surface area is 93.2 Å². The average Bonchev–Trinajstić information content (AvgIpc) is 1.96. The first kappa shape index (κ1) is 12.7. The third kappa shape index (κ3) is 3.08. The number of aliphatic carboxylic acids is 1. The maximum Gasteiger partial charge on any atom is 0.410 e. The summed E-state index contributed by atoms with van der Waals surface area (Å²) in [6.07, 6.45) is -2.43. The highest BCUT2D eigenvalue weighted by atomic mass is 19.1. The third-order valence-corrected chi connectivity index (χ3v) is 2.21. The standard InChI is InChI=1S/C10H16FNO4/c1-10(2,3)16-9(15)12-4-6(5-12)7(11)8(13)14/h6-7H,4-5H2,1-3H3,(H,13,14). The third-order valence-electron chi connectivity index (χ3n) is 2.21. The van der Waals surface area contributed by atoms with Crippen LogP contribution < -0.4 is 0 Å². The van der Waals surface area contributed by atoms with E-state index in [4.69, 9.17) is 9.84 Å². The number of halogens is 1. The summed E-state index contributed by atoms with van der Waals surface area (Å²) >= 11 is 0. The number of carbonyl (C=O) groups excluding carboxylic acids is 1. The Hall–Kier alpha value is -1.33. The molecule has 1 amide bonds. The van der Waals surface area contributed by atoms with Gasteiger partial charge in [0.15, 0.2) is 0 Å². The van der Waals surface area contributed by atoms with Gasteiger partial charge in [0, 0.05) is 19.0 Å². The van der Waals surface area contributed by atoms with Crippen molar-refractivity contribution < 1.29 is 23.8 Å². The molecule has 0 saturated carbocycles. The normalized spacial score (nSPS) is 18.9. The predicted octanol–water partition coefficient (Wildman–Crippen LogP) is 1.28. The second-order valence-corrected chi connectivity index (χ2v) is 4.89. The average molecular weight is 233 g/mol. The first-order valence-electron chi connectivity index (χ1n) is 5.05. The highest BCUT2D eigenvalue weighted by Gasteiger charge is 2.41. The Morgan fingerprint density at radius 3 is 2.31 bits per heavy atom.